The summed E-state index contributed by atoms with van der Waals surface area (Å²) in [6, 6.07) is 8.74. The van der Waals surface area contributed by atoms with E-state index in [1.54, 1.807) is 7.11 Å². The van der Waals surface area contributed by atoms with Crippen molar-refractivity contribution in [3.05, 3.63) is 29.8 Å². The molecular weight excluding hydrogens is 212 g/mol. The van der Waals surface area contributed by atoms with E-state index in [4.69, 9.17) is 10.5 Å². The zero-order valence-corrected chi connectivity index (χ0v) is 10.7. The number of nitrogens with zero attached hydrogens (tertiary/aromatic N) is 1. The first-order valence-corrected chi connectivity index (χ1v) is 6.24. The molecule has 2 N–H and O–H groups in total. The van der Waals surface area contributed by atoms with Crippen LogP contribution in [0.3, 0.4) is 0 Å². The highest BCUT2D eigenvalue weighted by molar-refractivity contribution is 5.27. The lowest BCUT2D eigenvalue weighted by Gasteiger charge is -2.35. The molecule has 0 amide bonds. The average Bonchev–Trinajstić information content (AvgIpc) is 2.28. The van der Waals surface area contributed by atoms with Crippen molar-refractivity contribution in [2.75, 3.05) is 20.7 Å². The molecule has 2 rings (SSSR count). The lowest BCUT2D eigenvalue weighted by molar-refractivity contribution is 0.178. The van der Waals surface area contributed by atoms with E-state index in [1.807, 2.05) is 12.1 Å². The maximum atomic E-state index is 5.80. The van der Waals surface area contributed by atoms with Crippen molar-refractivity contribution >= 4 is 0 Å². The molecule has 1 saturated carbocycles. The van der Waals surface area contributed by atoms with Gasteiger partial charge in [0, 0.05) is 19.1 Å². The monoisotopic (exact) mass is 234 g/mol. The minimum Gasteiger partial charge on any atom is -0.497 e. The predicted molar refractivity (Wildman–Crippen MR) is 70.0 cm³/mol. The highest BCUT2D eigenvalue weighted by Crippen LogP contribution is 2.26. The molecule has 0 atom stereocenters. The van der Waals surface area contributed by atoms with Crippen molar-refractivity contribution < 1.29 is 4.74 Å². The van der Waals surface area contributed by atoms with Gasteiger partial charge in [0.1, 0.15) is 5.75 Å². The number of nitrogens with two attached hydrogens (primary N) is 1. The van der Waals surface area contributed by atoms with E-state index in [9.17, 15) is 0 Å². The van der Waals surface area contributed by atoms with Gasteiger partial charge in [-0.3, -0.25) is 0 Å². The van der Waals surface area contributed by atoms with Crippen LogP contribution in [0.5, 0.6) is 5.75 Å². The van der Waals surface area contributed by atoms with Crippen LogP contribution in [-0.2, 0) is 6.54 Å². The summed E-state index contributed by atoms with van der Waals surface area (Å²) in [5.41, 5.74) is 7.13. The Morgan fingerprint density at radius 1 is 1.29 bits per heavy atom. The number of methoxy groups -OCH3 is 1. The summed E-state index contributed by atoms with van der Waals surface area (Å²) < 4.78 is 5.15. The van der Waals surface area contributed by atoms with Gasteiger partial charge in [-0.25, -0.2) is 0 Å². The summed E-state index contributed by atoms with van der Waals surface area (Å²) in [5.74, 6) is 1.72. The summed E-state index contributed by atoms with van der Waals surface area (Å²) in [4.78, 5) is 2.37. The van der Waals surface area contributed by atoms with E-state index in [0.717, 1.165) is 24.8 Å². The fraction of sp³-hybridized carbons (Fsp3) is 0.571. The van der Waals surface area contributed by atoms with E-state index < -0.39 is 0 Å². The molecule has 3 heteroatoms. The number of hydrogen-bond acceptors (Lipinski definition) is 3. The van der Waals surface area contributed by atoms with Gasteiger partial charge in [-0.1, -0.05) is 12.1 Å². The molecule has 3 nitrogen and oxygen atoms in total. The van der Waals surface area contributed by atoms with Crippen molar-refractivity contribution in [3.63, 3.8) is 0 Å². The molecule has 0 saturated heterocycles. The molecule has 0 aromatic heterocycles. The van der Waals surface area contributed by atoms with Crippen LogP contribution in [0, 0.1) is 5.92 Å². The minimum atomic E-state index is 0.453. The lowest BCUT2D eigenvalue weighted by Crippen LogP contribution is -2.41. The summed E-state index contributed by atoms with van der Waals surface area (Å²) in [7, 11) is 3.87. The third-order valence-corrected chi connectivity index (χ3v) is 3.45. The van der Waals surface area contributed by atoms with Gasteiger partial charge in [-0.2, -0.15) is 0 Å². The molecule has 1 aliphatic rings. The Morgan fingerprint density at radius 2 is 1.94 bits per heavy atom. The fourth-order valence-corrected chi connectivity index (χ4v) is 2.48. The molecule has 1 fully saturated rings. The molecule has 94 valence electrons. The maximum Gasteiger partial charge on any atom is 0.118 e. The van der Waals surface area contributed by atoms with Crippen molar-refractivity contribution in [1.29, 1.82) is 0 Å². The third kappa shape index (κ3) is 3.45. The second kappa shape index (κ2) is 5.52. The normalized spacial score (nSPS) is 23.5. The molecule has 0 spiro atoms. The molecule has 1 aliphatic carbocycles. The molecule has 1 aromatic rings. The Labute approximate surface area is 104 Å². The summed E-state index contributed by atoms with van der Waals surface area (Å²) in [6.07, 6.45) is 2.37. The largest absolute Gasteiger partial charge is 0.497 e. The van der Waals surface area contributed by atoms with Gasteiger partial charge in [0.05, 0.1) is 7.11 Å². The molecule has 0 unspecified atom stereocenters. The summed E-state index contributed by atoms with van der Waals surface area (Å²) in [5, 5.41) is 0. The van der Waals surface area contributed by atoms with Gasteiger partial charge in [0.25, 0.3) is 0 Å². The second-order valence-corrected chi connectivity index (χ2v) is 5.14. The molecule has 0 bridgehead atoms. The molecule has 17 heavy (non-hydrogen) atoms. The second-order valence-electron chi connectivity index (χ2n) is 5.14. The van der Waals surface area contributed by atoms with Crippen LogP contribution in [0.25, 0.3) is 0 Å². The Hall–Kier alpha value is -1.06. The number of benzene rings is 1. The standard InChI is InChI=1S/C14H22N2O/c1-16(10-12-7-13(15)8-12)9-11-3-5-14(17-2)6-4-11/h3-6,12-13H,7-10,15H2,1-2H3. The van der Waals surface area contributed by atoms with Crippen molar-refractivity contribution in [2.45, 2.75) is 25.4 Å². The minimum absolute atomic E-state index is 0.453. The van der Waals surface area contributed by atoms with Crippen molar-refractivity contribution in [1.82, 2.24) is 4.90 Å². The van der Waals surface area contributed by atoms with Crippen LogP contribution in [0.15, 0.2) is 24.3 Å². The van der Waals surface area contributed by atoms with Crippen molar-refractivity contribution in [2.24, 2.45) is 11.7 Å². The van der Waals surface area contributed by atoms with E-state index in [0.29, 0.717) is 6.04 Å². The zero-order valence-electron chi connectivity index (χ0n) is 10.7. The lowest BCUT2D eigenvalue weighted by atomic mass is 9.80. The maximum absolute atomic E-state index is 5.80. The van der Waals surface area contributed by atoms with Gasteiger partial charge in [-0.05, 0) is 43.5 Å². The molecule has 0 heterocycles. The Morgan fingerprint density at radius 3 is 2.47 bits per heavy atom. The third-order valence-electron chi connectivity index (χ3n) is 3.45. The van der Waals surface area contributed by atoms with E-state index in [2.05, 4.69) is 24.1 Å². The summed E-state index contributed by atoms with van der Waals surface area (Å²) in [6.45, 7) is 2.15. The number of rotatable bonds is 5. The number of ether oxygens (including phenoxy) is 1. The molecular formula is C14H22N2O. The zero-order chi connectivity index (χ0) is 12.3. The number of hydrogen-bond donors (Lipinski definition) is 1. The smallest absolute Gasteiger partial charge is 0.118 e. The van der Waals surface area contributed by atoms with E-state index >= 15 is 0 Å². The van der Waals surface area contributed by atoms with Crippen LogP contribution >= 0.6 is 0 Å². The van der Waals surface area contributed by atoms with Crippen LogP contribution in [0.4, 0.5) is 0 Å². The SMILES string of the molecule is COc1ccc(CN(C)CC2CC(N)C2)cc1. The Bertz CT molecular complexity index is 344. The molecule has 0 aliphatic heterocycles. The first kappa shape index (κ1) is 12.4. The average molecular weight is 234 g/mol. The van der Waals surface area contributed by atoms with Crippen LogP contribution in [0.1, 0.15) is 18.4 Å². The van der Waals surface area contributed by atoms with Crippen LogP contribution in [0.2, 0.25) is 0 Å². The first-order valence-electron chi connectivity index (χ1n) is 6.24. The van der Waals surface area contributed by atoms with E-state index in [-0.39, 0.29) is 0 Å². The van der Waals surface area contributed by atoms with Crippen molar-refractivity contribution in [3.8, 4) is 5.75 Å². The van der Waals surface area contributed by atoms with Crippen LogP contribution in [-0.4, -0.2) is 31.6 Å². The Kier molecular flexibility index (Phi) is 4.02. The predicted octanol–water partition coefficient (Wildman–Crippen LogP) is 1.86. The summed E-state index contributed by atoms with van der Waals surface area (Å²) >= 11 is 0. The Balaban J connectivity index is 1.78. The highest BCUT2D eigenvalue weighted by atomic mass is 16.5. The van der Waals surface area contributed by atoms with Gasteiger partial charge >= 0.3 is 0 Å². The quantitative estimate of drug-likeness (QED) is 0.845. The fourth-order valence-electron chi connectivity index (χ4n) is 2.48. The van der Waals surface area contributed by atoms with Gasteiger partial charge < -0.3 is 15.4 Å². The van der Waals surface area contributed by atoms with Gasteiger partial charge in [-0.15, -0.1) is 0 Å². The topological polar surface area (TPSA) is 38.5 Å². The first-order chi connectivity index (χ1) is 8.17. The van der Waals surface area contributed by atoms with Crippen LogP contribution < -0.4 is 10.5 Å². The van der Waals surface area contributed by atoms with E-state index in [1.165, 1.54) is 18.4 Å². The van der Waals surface area contributed by atoms with Gasteiger partial charge in [0.2, 0.25) is 0 Å². The van der Waals surface area contributed by atoms with Gasteiger partial charge in [0.15, 0.2) is 0 Å². The highest BCUT2D eigenvalue weighted by Gasteiger charge is 2.26. The molecule has 0 radical (unpaired) electrons. The molecule has 1 aromatic carbocycles.